The minimum absolute atomic E-state index is 0.0820. The Hall–Kier alpha value is -1.46. The van der Waals surface area contributed by atoms with Crippen molar-refractivity contribution in [3.63, 3.8) is 0 Å². The lowest BCUT2D eigenvalue weighted by Gasteiger charge is -2.27. The van der Waals surface area contributed by atoms with E-state index in [-0.39, 0.29) is 11.9 Å². The lowest BCUT2D eigenvalue weighted by molar-refractivity contribution is -0.129. The van der Waals surface area contributed by atoms with E-state index in [0.717, 1.165) is 18.7 Å². The molecular weight excluding hydrogens is 240 g/mol. The van der Waals surface area contributed by atoms with Gasteiger partial charge in [-0.05, 0) is 19.2 Å². The molecule has 0 bridgehead atoms. The second kappa shape index (κ2) is 7.86. The van der Waals surface area contributed by atoms with Crippen molar-refractivity contribution < 1.29 is 4.79 Å². The van der Waals surface area contributed by atoms with E-state index < -0.39 is 0 Å². The first-order valence-corrected chi connectivity index (χ1v) is 6.55. The molecule has 1 atom stereocenters. The van der Waals surface area contributed by atoms with Gasteiger partial charge in [0.25, 0.3) is 0 Å². The Balaban J connectivity index is 2.45. The molecule has 0 radical (unpaired) electrons. The van der Waals surface area contributed by atoms with Gasteiger partial charge in [0.15, 0.2) is 0 Å². The van der Waals surface area contributed by atoms with Gasteiger partial charge in [-0.2, -0.15) is 0 Å². The maximum Gasteiger partial charge on any atom is 0.223 e. The van der Waals surface area contributed by atoms with Crippen LogP contribution in [0.5, 0.6) is 0 Å². The zero-order valence-corrected chi connectivity index (χ0v) is 12.0. The fourth-order valence-corrected chi connectivity index (χ4v) is 1.82. The Bertz CT molecular complexity index is 380. The third kappa shape index (κ3) is 5.36. The average Bonchev–Trinajstić information content (AvgIpc) is 2.42. The van der Waals surface area contributed by atoms with E-state index in [1.807, 2.05) is 25.2 Å². The predicted octanol–water partition coefficient (Wildman–Crippen LogP) is 0.362. The monoisotopic (exact) mass is 264 g/mol. The molecule has 5 heteroatoms. The molecule has 1 heterocycles. The smallest absolute Gasteiger partial charge is 0.223 e. The molecular formula is C14H24N4O. The molecule has 1 amide bonds. The highest BCUT2D eigenvalue weighted by Gasteiger charge is 2.18. The van der Waals surface area contributed by atoms with Crippen LogP contribution < -0.4 is 5.73 Å². The van der Waals surface area contributed by atoms with E-state index in [0.29, 0.717) is 13.0 Å². The average molecular weight is 264 g/mol. The van der Waals surface area contributed by atoms with Crippen molar-refractivity contribution in [2.75, 3.05) is 34.2 Å². The molecule has 19 heavy (non-hydrogen) atoms. The van der Waals surface area contributed by atoms with Crippen LogP contribution in [-0.4, -0.2) is 61.0 Å². The summed E-state index contributed by atoms with van der Waals surface area (Å²) in [6.07, 6.45) is 3.12. The van der Waals surface area contributed by atoms with Crippen LogP contribution in [0.3, 0.4) is 0 Å². The number of nitrogens with two attached hydrogens (primary N) is 1. The quantitative estimate of drug-likeness (QED) is 0.772. The Kier molecular flexibility index (Phi) is 6.45. The third-order valence-electron chi connectivity index (χ3n) is 3.25. The molecule has 2 N–H and O–H groups in total. The molecule has 0 aliphatic rings. The van der Waals surface area contributed by atoms with Crippen molar-refractivity contribution in [3.05, 3.63) is 30.1 Å². The van der Waals surface area contributed by atoms with Crippen molar-refractivity contribution in [2.24, 2.45) is 5.73 Å². The highest BCUT2D eigenvalue weighted by Crippen LogP contribution is 2.05. The highest BCUT2D eigenvalue weighted by molar-refractivity contribution is 5.76. The summed E-state index contributed by atoms with van der Waals surface area (Å²) in [5, 5.41) is 0. The normalized spacial score (nSPS) is 12.5. The topological polar surface area (TPSA) is 62.5 Å². The number of amides is 1. The summed E-state index contributed by atoms with van der Waals surface area (Å²) in [5.41, 5.74) is 6.82. The minimum Gasteiger partial charge on any atom is -0.349 e. The Morgan fingerprint density at radius 2 is 2.11 bits per heavy atom. The summed E-state index contributed by atoms with van der Waals surface area (Å²) >= 11 is 0. The van der Waals surface area contributed by atoms with Crippen LogP contribution in [0.15, 0.2) is 24.4 Å². The van der Waals surface area contributed by atoms with Gasteiger partial charge in [0.2, 0.25) is 5.91 Å². The number of carbonyl (C=O) groups excluding carboxylic acids is 1. The summed E-state index contributed by atoms with van der Waals surface area (Å²) in [6.45, 7) is 1.33. The molecule has 1 unspecified atom stereocenters. The third-order valence-corrected chi connectivity index (χ3v) is 3.25. The fourth-order valence-electron chi connectivity index (χ4n) is 1.82. The number of hydrogen-bond acceptors (Lipinski definition) is 4. The summed E-state index contributed by atoms with van der Waals surface area (Å²) in [7, 11) is 5.54. The van der Waals surface area contributed by atoms with Crippen LogP contribution in [0.2, 0.25) is 0 Å². The van der Waals surface area contributed by atoms with Gasteiger partial charge in [-0.1, -0.05) is 6.07 Å². The Morgan fingerprint density at radius 1 is 1.37 bits per heavy atom. The van der Waals surface area contributed by atoms with Gasteiger partial charge in [0.1, 0.15) is 0 Å². The zero-order valence-electron chi connectivity index (χ0n) is 12.0. The second-order valence-electron chi connectivity index (χ2n) is 4.93. The number of rotatable bonds is 7. The summed E-state index contributed by atoms with van der Waals surface area (Å²) in [5.74, 6) is 0.111. The highest BCUT2D eigenvalue weighted by atomic mass is 16.2. The fraction of sp³-hybridized carbons (Fsp3) is 0.571. The van der Waals surface area contributed by atoms with Crippen LogP contribution >= 0.6 is 0 Å². The molecule has 5 nitrogen and oxygen atoms in total. The number of nitrogens with zero attached hydrogens (tertiary/aromatic N) is 3. The summed E-state index contributed by atoms with van der Waals surface area (Å²) in [6, 6.07) is 5.99. The molecule has 0 spiro atoms. The van der Waals surface area contributed by atoms with E-state index in [4.69, 9.17) is 5.73 Å². The number of carbonyl (C=O) groups is 1. The maximum absolute atomic E-state index is 11.7. The van der Waals surface area contributed by atoms with Gasteiger partial charge in [-0.15, -0.1) is 0 Å². The molecule has 0 saturated heterocycles. The van der Waals surface area contributed by atoms with Crippen molar-refractivity contribution in [2.45, 2.75) is 18.9 Å². The van der Waals surface area contributed by atoms with E-state index in [2.05, 4.69) is 9.88 Å². The Labute approximate surface area is 115 Å². The lowest BCUT2D eigenvalue weighted by atomic mass is 10.1. The van der Waals surface area contributed by atoms with Crippen molar-refractivity contribution in [3.8, 4) is 0 Å². The van der Waals surface area contributed by atoms with Gasteiger partial charge in [0.05, 0.1) is 0 Å². The van der Waals surface area contributed by atoms with Gasteiger partial charge in [-0.25, -0.2) is 0 Å². The van der Waals surface area contributed by atoms with Crippen LogP contribution in [0, 0.1) is 0 Å². The van der Waals surface area contributed by atoms with Gasteiger partial charge < -0.3 is 15.5 Å². The van der Waals surface area contributed by atoms with E-state index >= 15 is 0 Å². The maximum atomic E-state index is 11.7. The number of aromatic nitrogens is 1. The second-order valence-corrected chi connectivity index (χ2v) is 4.93. The first-order valence-electron chi connectivity index (χ1n) is 6.55. The van der Waals surface area contributed by atoms with Crippen molar-refractivity contribution in [1.82, 2.24) is 14.8 Å². The molecule has 0 saturated carbocycles. The lowest BCUT2D eigenvalue weighted by Crippen LogP contribution is -2.42. The number of pyridine rings is 1. The molecule has 0 fully saturated rings. The first kappa shape index (κ1) is 15.6. The van der Waals surface area contributed by atoms with Crippen molar-refractivity contribution >= 4 is 5.91 Å². The van der Waals surface area contributed by atoms with E-state index in [9.17, 15) is 4.79 Å². The van der Waals surface area contributed by atoms with E-state index in [1.54, 1.807) is 25.2 Å². The van der Waals surface area contributed by atoms with Crippen LogP contribution in [0.25, 0.3) is 0 Å². The molecule has 1 aromatic rings. The molecule has 1 aromatic heterocycles. The molecule has 0 aliphatic heterocycles. The molecule has 0 aliphatic carbocycles. The van der Waals surface area contributed by atoms with Gasteiger partial charge in [0, 0.05) is 58.0 Å². The molecule has 106 valence electrons. The van der Waals surface area contributed by atoms with Gasteiger partial charge in [-0.3, -0.25) is 9.78 Å². The SMILES string of the molecule is CN(C)C(=O)CC(CN)N(C)CCc1ccccn1. The number of likely N-dealkylation sites (N-methyl/N-ethyl adjacent to an activating group) is 1. The van der Waals surface area contributed by atoms with Crippen LogP contribution in [-0.2, 0) is 11.2 Å². The van der Waals surface area contributed by atoms with Gasteiger partial charge >= 0.3 is 0 Å². The molecule has 0 aromatic carbocycles. The summed E-state index contributed by atoms with van der Waals surface area (Å²) in [4.78, 5) is 19.8. The first-order chi connectivity index (χ1) is 9.04. The predicted molar refractivity (Wildman–Crippen MR) is 76.7 cm³/mol. The Morgan fingerprint density at radius 3 is 2.63 bits per heavy atom. The summed E-state index contributed by atoms with van der Waals surface area (Å²) < 4.78 is 0. The minimum atomic E-state index is 0.0820. The van der Waals surface area contributed by atoms with Crippen LogP contribution in [0.4, 0.5) is 0 Å². The standard InChI is InChI=1S/C14H24N4O/c1-17(2)14(19)10-13(11-15)18(3)9-7-12-6-4-5-8-16-12/h4-6,8,13H,7,9-11,15H2,1-3H3. The van der Waals surface area contributed by atoms with E-state index in [1.165, 1.54) is 0 Å². The van der Waals surface area contributed by atoms with Crippen molar-refractivity contribution in [1.29, 1.82) is 0 Å². The van der Waals surface area contributed by atoms with Crippen LogP contribution in [0.1, 0.15) is 12.1 Å². The largest absolute Gasteiger partial charge is 0.349 e. The zero-order chi connectivity index (χ0) is 14.3. The molecule has 1 rings (SSSR count). The number of hydrogen-bond donors (Lipinski definition) is 1.